The Labute approximate surface area is 161 Å². The maximum atomic E-state index is 12.3. The molecule has 2 amide bonds. The molecule has 0 radical (unpaired) electrons. The molecule has 136 valence electrons. The molecule has 0 heterocycles. The van der Waals surface area contributed by atoms with Gasteiger partial charge >= 0.3 is 0 Å². The van der Waals surface area contributed by atoms with Gasteiger partial charge in [0.25, 0.3) is 11.8 Å². The molecule has 3 rings (SSSR count). The van der Waals surface area contributed by atoms with E-state index in [0.29, 0.717) is 27.6 Å². The highest BCUT2D eigenvalue weighted by Crippen LogP contribution is 2.20. The van der Waals surface area contributed by atoms with Crippen LogP contribution in [-0.4, -0.2) is 11.8 Å². The van der Waals surface area contributed by atoms with Crippen molar-refractivity contribution in [2.24, 2.45) is 5.73 Å². The smallest absolute Gasteiger partial charge is 0.255 e. The summed E-state index contributed by atoms with van der Waals surface area (Å²) < 4.78 is 5.71. The van der Waals surface area contributed by atoms with E-state index < -0.39 is 5.91 Å². The first-order valence-corrected chi connectivity index (χ1v) is 8.58. The number of hydrogen-bond acceptors (Lipinski definition) is 3. The first kappa shape index (κ1) is 18.5. The molecule has 27 heavy (non-hydrogen) atoms. The fraction of sp³-hybridized carbons (Fsp3) is 0.0476. The number of amides is 2. The fourth-order valence-electron chi connectivity index (χ4n) is 2.53. The van der Waals surface area contributed by atoms with Gasteiger partial charge in [-0.1, -0.05) is 41.9 Å². The van der Waals surface area contributed by atoms with Crippen LogP contribution < -0.4 is 15.8 Å². The van der Waals surface area contributed by atoms with E-state index in [9.17, 15) is 9.59 Å². The lowest BCUT2D eigenvalue weighted by Gasteiger charge is -2.11. The summed E-state index contributed by atoms with van der Waals surface area (Å²) in [5.74, 6) is -0.388. The second-order valence-corrected chi connectivity index (χ2v) is 6.25. The molecule has 0 atom stereocenters. The molecular formula is C21H17ClN2O3. The van der Waals surface area contributed by atoms with Gasteiger partial charge in [0.05, 0.1) is 5.56 Å². The minimum atomic E-state index is -0.548. The van der Waals surface area contributed by atoms with Gasteiger partial charge in [-0.25, -0.2) is 0 Å². The Bertz CT molecular complexity index is 988. The first-order valence-electron chi connectivity index (χ1n) is 8.20. The van der Waals surface area contributed by atoms with Gasteiger partial charge in [-0.05, 0) is 48.0 Å². The third-order valence-electron chi connectivity index (χ3n) is 3.82. The average Bonchev–Trinajstić information content (AvgIpc) is 2.67. The summed E-state index contributed by atoms with van der Waals surface area (Å²) in [6, 6.07) is 20.8. The largest absolute Gasteiger partial charge is 0.488 e. The number of hydrogen-bond donors (Lipinski definition) is 2. The van der Waals surface area contributed by atoms with E-state index in [1.807, 2.05) is 12.1 Å². The van der Waals surface area contributed by atoms with Crippen molar-refractivity contribution in [1.29, 1.82) is 0 Å². The molecule has 3 aromatic rings. The van der Waals surface area contributed by atoms with Crippen LogP contribution in [0.15, 0.2) is 72.8 Å². The number of rotatable bonds is 6. The Morgan fingerprint density at radius 3 is 2.52 bits per heavy atom. The lowest BCUT2D eigenvalue weighted by atomic mass is 10.1. The van der Waals surface area contributed by atoms with Gasteiger partial charge in [-0.3, -0.25) is 9.59 Å². The van der Waals surface area contributed by atoms with Crippen molar-refractivity contribution in [3.05, 3.63) is 94.5 Å². The van der Waals surface area contributed by atoms with Gasteiger partial charge in [0.15, 0.2) is 0 Å². The summed E-state index contributed by atoms with van der Waals surface area (Å²) >= 11 is 5.92. The van der Waals surface area contributed by atoms with Crippen LogP contribution in [0.1, 0.15) is 26.3 Å². The Morgan fingerprint density at radius 2 is 1.74 bits per heavy atom. The number of benzene rings is 3. The lowest BCUT2D eigenvalue weighted by molar-refractivity contribution is 0.0993. The Balaban J connectivity index is 1.69. The second kappa shape index (κ2) is 8.38. The molecule has 0 saturated heterocycles. The third kappa shape index (κ3) is 4.86. The normalized spacial score (nSPS) is 10.3. The van der Waals surface area contributed by atoms with E-state index in [2.05, 4.69) is 5.32 Å². The molecular weight excluding hydrogens is 364 g/mol. The van der Waals surface area contributed by atoms with Crippen molar-refractivity contribution in [2.75, 3.05) is 5.32 Å². The summed E-state index contributed by atoms with van der Waals surface area (Å²) in [5, 5.41) is 3.32. The van der Waals surface area contributed by atoms with E-state index in [1.54, 1.807) is 60.7 Å². The van der Waals surface area contributed by atoms with E-state index >= 15 is 0 Å². The van der Waals surface area contributed by atoms with Crippen molar-refractivity contribution in [1.82, 2.24) is 0 Å². The number of ether oxygens (including phenoxy) is 1. The highest BCUT2D eigenvalue weighted by atomic mass is 35.5. The lowest BCUT2D eigenvalue weighted by Crippen LogP contribution is -2.13. The molecule has 0 aromatic heterocycles. The fourth-order valence-corrected chi connectivity index (χ4v) is 2.72. The molecule has 0 fully saturated rings. The van der Waals surface area contributed by atoms with Crippen LogP contribution in [0.5, 0.6) is 5.75 Å². The number of nitrogens with two attached hydrogens (primary N) is 1. The molecule has 3 N–H and O–H groups in total. The molecule has 6 heteroatoms. The van der Waals surface area contributed by atoms with Gasteiger partial charge in [0, 0.05) is 16.3 Å². The van der Waals surface area contributed by atoms with Gasteiger partial charge in [0.1, 0.15) is 12.4 Å². The van der Waals surface area contributed by atoms with Gasteiger partial charge < -0.3 is 15.8 Å². The monoisotopic (exact) mass is 380 g/mol. The summed E-state index contributed by atoms with van der Waals surface area (Å²) in [4.78, 5) is 23.8. The molecule has 0 bridgehead atoms. The zero-order valence-electron chi connectivity index (χ0n) is 14.3. The van der Waals surface area contributed by atoms with Crippen LogP contribution >= 0.6 is 11.6 Å². The number of anilines is 1. The van der Waals surface area contributed by atoms with Crippen molar-refractivity contribution >= 4 is 29.1 Å². The average molecular weight is 381 g/mol. The number of para-hydroxylation sites is 1. The van der Waals surface area contributed by atoms with Crippen LogP contribution in [0.4, 0.5) is 5.69 Å². The van der Waals surface area contributed by atoms with E-state index in [1.165, 1.54) is 0 Å². The molecule has 0 aliphatic carbocycles. The quantitative estimate of drug-likeness (QED) is 0.670. The van der Waals surface area contributed by atoms with Crippen LogP contribution in [0.2, 0.25) is 5.02 Å². The minimum Gasteiger partial charge on any atom is -0.488 e. The Hall–Kier alpha value is -3.31. The van der Waals surface area contributed by atoms with E-state index in [-0.39, 0.29) is 12.5 Å². The second-order valence-electron chi connectivity index (χ2n) is 5.81. The molecule has 3 aromatic carbocycles. The first-order chi connectivity index (χ1) is 13.0. The number of nitrogens with one attached hydrogen (secondary N) is 1. The topological polar surface area (TPSA) is 81.4 Å². The third-order valence-corrected chi connectivity index (χ3v) is 4.05. The maximum absolute atomic E-state index is 12.3. The zero-order chi connectivity index (χ0) is 19.2. The predicted octanol–water partition coefficient (Wildman–Crippen LogP) is 4.27. The standard InChI is InChI=1S/C21H17ClN2O3/c22-16-7-4-6-15(12-16)21(26)24-17-8-3-5-14(11-17)13-27-19-10-2-1-9-18(19)20(23)25/h1-12H,13H2,(H2,23,25)(H,24,26). The minimum absolute atomic E-state index is 0.227. The van der Waals surface area contributed by atoms with Gasteiger partial charge in [-0.2, -0.15) is 0 Å². The van der Waals surface area contributed by atoms with Crippen LogP contribution in [0, 0.1) is 0 Å². The Morgan fingerprint density at radius 1 is 0.963 bits per heavy atom. The molecule has 0 aliphatic rings. The Kier molecular flexibility index (Phi) is 5.74. The van der Waals surface area contributed by atoms with Gasteiger partial charge in [0.2, 0.25) is 0 Å². The van der Waals surface area contributed by atoms with Crippen LogP contribution in [0.25, 0.3) is 0 Å². The summed E-state index contributed by atoms with van der Waals surface area (Å²) in [6.07, 6.45) is 0. The van der Waals surface area contributed by atoms with Crippen LogP contribution in [-0.2, 0) is 6.61 Å². The number of primary amides is 1. The highest BCUT2D eigenvalue weighted by molar-refractivity contribution is 6.31. The number of halogens is 1. The van der Waals surface area contributed by atoms with Crippen molar-refractivity contribution in [3.63, 3.8) is 0 Å². The maximum Gasteiger partial charge on any atom is 0.255 e. The predicted molar refractivity (Wildman–Crippen MR) is 105 cm³/mol. The van der Waals surface area contributed by atoms with E-state index in [0.717, 1.165) is 5.56 Å². The molecule has 0 unspecified atom stereocenters. The van der Waals surface area contributed by atoms with Crippen molar-refractivity contribution in [3.8, 4) is 5.75 Å². The van der Waals surface area contributed by atoms with Crippen LogP contribution in [0.3, 0.4) is 0 Å². The molecule has 5 nitrogen and oxygen atoms in total. The highest BCUT2D eigenvalue weighted by Gasteiger charge is 2.10. The summed E-state index contributed by atoms with van der Waals surface area (Å²) in [5.41, 5.74) is 7.61. The molecule has 0 spiro atoms. The summed E-state index contributed by atoms with van der Waals surface area (Å²) in [6.45, 7) is 0.227. The molecule has 0 saturated carbocycles. The zero-order valence-corrected chi connectivity index (χ0v) is 15.1. The number of carbonyl (C=O) groups excluding carboxylic acids is 2. The summed E-state index contributed by atoms with van der Waals surface area (Å²) in [7, 11) is 0. The number of carbonyl (C=O) groups is 2. The van der Waals surface area contributed by atoms with Crippen molar-refractivity contribution in [2.45, 2.75) is 6.61 Å². The SMILES string of the molecule is NC(=O)c1ccccc1OCc1cccc(NC(=O)c2cccc(Cl)c2)c1. The van der Waals surface area contributed by atoms with Crippen molar-refractivity contribution < 1.29 is 14.3 Å². The molecule has 0 aliphatic heterocycles. The van der Waals surface area contributed by atoms with E-state index in [4.69, 9.17) is 22.1 Å². The van der Waals surface area contributed by atoms with Gasteiger partial charge in [-0.15, -0.1) is 0 Å².